The maximum absolute atomic E-state index is 12.1. The van der Waals surface area contributed by atoms with E-state index in [0.29, 0.717) is 17.0 Å². The number of anilines is 1. The van der Waals surface area contributed by atoms with Crippen LogP contribution in [0, 0.1) is 0 Å². The van der Waals surface area contributed by atoms with E-state index >= 15 is 0 Å². The number of rotatable bonds is 6. The van der Waals surface area contributed by atoms with Gasteiger partial charge in [0.05, 0.1) is 6.33 Å². The summed E-state index contributed by atoms with van der Waals surface area (Å²) in [6.07, 6.45) is -0.402. The lowest BCUT2D eigenvalue weighted by Crippen LogP contribution is -2.58. The van der Waals surface area contributed by atoms with E-state index < -0.39 is 42.4 Å². The molecule has 210 valence electrons. The minimum Gasteiger partial charge on any atom is -0.463 e. The highest BCUT2D eigenvalue weighted by Gasteiger charge is 2.52. The van der Waals surface area contributed by atoms with Gasteiger partial charge in [0.25, 0.3) is 0 Å². The van der Waals surface area contributed by atoms with Crippen LogP contribution in [0.2, 0.25) is 5.28 Å². The number of ether oxygens (including phenoxy) is 4. The summed E-state index contributed by atoms with van der Waals surface area (Å²) in [6.45, 7) is 5.06. The second kappa shape index (κ2) is 10.0. The van der Waals surface area contributed by atoms with Crippen LogP contribution in [0.5, 0.6) is 0 Å². The standard InChI is InChI=1S/C27H28ClN5O7/c1-14(34)37-10-19-21(38-15(2)35)22(39-16(3)36)25(40-19)33-13-29-20-23(30-26(28)31-24(20)33)32-11-27(12-32)9-8-17-6-4-5-7-18(17)27/h4-7,13,19,21-22,25H,8-12H2,1-3H3/t19-,21-,22-,25-/m1/s1. The molecule has 0 N–H and O–H groups in total. The summed E-state index contributed by atoms with van der Waals surface area (Å²) >= 11 is 6.41. The molecule has 2 aromatic heterocycles. The largest absolute Gasteiger partial charge is 0.463 e. The quantitative estimate of drug-likeness (QED) is 0.246. The molecule has 0 radical (unpaired) electrons. The number of hydrogen-bond acceptors (Lipinski definition) is 11. The molecule has 1 aliphatic carbocycles. The number of fused-ring (bicyclic) bond motifs is 3. The molecule has 4 heterocycles. The topological polar surface area (TPSA) is 135 Å². The number of nitrogens with zero attached hydrogens (tertiary/aromatic N) is 5. The van der Waals surface area contributed by atoms with E-state index in [1.54, 1.807) is 4.57 Å². The van der Waals surface area contributed by atoms with Crippen LogP contribution in [-0.4, -0.2) is 75.4 Å². The zero-order chi connectivity index (χ0) is 28.2. The zero-order valence-electron chi connectivity index (χ0n) is 22.2. The smallest absolute Gasteiger partial charge is 0.303 e. The van der Waals surface area contributed by atoms with Crippen LogP contribution in [0.4, 0.5) is 5.82 Å². The summed E-state index contributed by atoms with van der Waals surface area (Å²) in [5.74, 6) is -1.15. The molecule has 6 rings (SSSR count). The van der Waals surface area contributed by atoms with Gasteiger partial charge >= 0.3 is 17.9 Å². The molecule has 1 spiro atoms. The van der Waals surface area contributed by atoms with Crippen LogP contribution in [0.25, 0.3) is 11.2 Å². The second-order valence-electron chi connectivity index (χ2n) is 10.4. The molecule has 2 fully saturated rings. The molecule has 13 heteroatoms. The maximum Gasteiger partial charge on any atom is 0.303 e. The monoisotopic (exact) mass is 569 g/mol. The molecule has 3 aliphatic rings. The third kappa shape index (κ3) is 4.54. The molecule has 4 atom stereocenters. The van der Waals surface area contributed by atoms with Gasteiger partial charge in [-0.05, 0) is 35.6 Å². The highest BCUT2D eigenvalue weighted by atomic mass is 35.5. The number of aromatic nitrogens is 4. The van der Waals surface area contributed by atoms with E-state index in [0.717, 1.165) is 25.9 Å². The van der Waals surface area contributed by atoms with Gasteiger partial charge in [-0.15, -0.1) is 0 Å². The van der Waals surface area contributed by atoms with E-state index in [2.05, 4.69) is 44.1 Å². The lowest BCUT2D eigenvalue weighted by molar-refractivity contribution is -0.166. The molecule has 3 aromatic rings. The molecule has 12 nitrogen and oxygen atoms in total. The van der Waals surface area contributed by atoms with Gasteiger partial charge in [-0.2, -0.15) is 9.97 Å². The number of esters is 3. The predicted octanol–water partition coefficient (Wildman–Crippen LogP) is 2.51. The van der Waals surface area contributed by atoms with Crippen LogP contribution in [0.3, 0.4) is 0 Å². The Kier molecular flexibility index (Phi) is 6.62. The van der Waals surface area contributed by atoms with Crippen LogP contribution in [-0.2, 0) is 45.2 Å². The van der Waals surface area contributed by atoms with Crippen LogP contribution < -0.4 is 4.90 Å². The van der Waals surface area contributed by atoms with Crippen molar-refractivity contribution < 1.29 is 33.3 Å². The van der Waals surface area contributed by atoms with Gasteiger partial charge in [0, 0.05) is 39.3 Å². The Labute approximate surface area is 234 Å². The second-order valence-corrected chi connectivity index (χ2v) is 10.8. The Balaban J connectivity index is 1.34. The third-order valence-corrected chi connectivity index (χ3v) is 7.91. The van der Waals surface area contributed by atoms with Gasteiger partial charge in [-0.3, -0.25) is 19.0 Å². The average Bonchev–Trinajstić information content (AvgIpc) is 3.55. The molecular weight excluding hydrogens is 542 g/mol. The van der Waals surface area contributed by atoms with Gasteiger partial charge in [-0.1, -0.05) is 24.3 Å². The first-order valence-corrected chi connectivity index (χ1v) is 13.4. The number of hydrogen-bond donors (Lipinski definition) is 0. The van der Waals surface area contributed by atoms with Gasteiger partial charge < -0.3 is 23.8 Å². The van der Waals surface area contributed by atoms with Crippen LogP contribution in [0.1, 0.15) is 44.5 Å². The average molecular weight is 570 g/mol. The summed E-state index contributed by atoms with van der Waals surface area (Å²) in [4.78, 5) is 51.1. The van der Waals surface area contributed by atoms with Gasteiger partial charge in [0.2, 0.25) is 5.28 Å². The van der Waals surface area contributed by atoms with Crippen molar-refractivity contribution in [1.29, 1.82) is 0 Å². The van der Waals surface area contributed by atoms with Gasteiger partial charge in [0.1, 0.15) is 12.7 Å². The van der Waals surface area contributed by atoms with Crippen molar-refractivity contribution in [2.24, 2.45) is 0 Å². The van der Waals surface area contributed by atoms with Gasteiger partial charge in [0.15, 0.2) is 35.4 Å². The van der Waals surface area contributed by atoms with Crippen molar-refractivity contribution in [2.45, 2.75) is 63.6 Å². The fourth-order valence-electron chi connectivity index (χ4n) is 6.13. The SMILES string of the molecule is CC(=O)OC[C@H]1O[C@@H](n2cnc3c(N4CC5(CCc6ccccc65)C4)nc(Cl)nc32)[C@H](OC(C)=O)[C@@H]1OC(C)=O. The summed E-state index contributed by atoms with van der Waals surface area (Å²) in [6, 6.07) is 8.54. The Bertz CT molecular complexity index is 1500. The first-order valence-electron chi connectivity index (χ1n) is 13.0. The number of benzene rings is 1. The number of aryl methyl sites for hydroxylation is 1. The third-order valence-electron chi connectivity index (χ3n) is 7.74. The first-order chi connectivity index (χ1) is 19.1. The van der Waals surface area contributed by atoms with Crippen molar-refractivity contribution in [2.75, 3.05) is 24.6 Å². The number of carbonyl (C=O) groups excluding carboxylic acids is 3. The van der Waals surface area contributed by atoms with Crippen molar-refractivity contribution in [3.8, 4) is 0 Å². The van der Waals surface area contributed by atoms with E-state index in [1.807, 2.05) is 0 Å². The van der Waals surface area contributed by atoms with Gasteiger partial charge in [-0.25, -0.2) is 4.98 Å². The van der Waals surface area contributed by atoms with Crippen molar-refractivity contribution in [3.05, 3.63) is 47.0 Å². The number of imidazole rings is 1. The van der Waals surface area contributed by atoms with Crippen molar-refractivity contribution in [1.82, 2.24) is 19.5 Å². The molecule has 0 amide bonds. The molecule has 0 saturated carbocycles. The summed E-state index contributed by atoms with van der Waals surface area (Å²) in [7, 11) is 0. The summed E-state index contributed by atoms with van der Waals surface area (Å²) in [5.41, 5.74) is 3.70. The Morgan fingerprint density at radius 3 is 2.50 bits per heavy atom. The minimum atomic E-state index is -1.07. The first kappa shape index (κ1) is 26.5. The van der Waals surface area contributed by atoms with Crippen LogP contribution in [0.15, 0.2) is 30.6 Å². The molecule has 0 bridgehead atoms. The van der Waals surface area contributed by atoms with Crippen molar-refractivity contribution >= 4 is 46.5 Å². The van der Waals surface area contributed by atoms with E-state index in [1.165, 1.54) is 38.2 Å². The number of carbonyl (C=O) groups is 3. The highest BCUT2D eigenvalue weighted by molar-refractivity contribution is 6.28. The highest BCUT2D eigenvalue weighted by Crippen LogP contribution is 2.47. The molecule has 2 aliphatic heterocycles. The van der Waals surface area contributed by atoms with E-state index in [-0.39, 0.29) is 17.3 Å². The lowest BCUT2D eigenvalue weighted by atomic mass is 9.75. The summed E-state index contributed by atoms with van der Waals surface area (Å²) in [5, 5.41) is 0.0204. The van der Waals surface area contributed by atoms with Crippen molar-refractivity contribution in [3.63, 3.8) is 0 Å². The Morgan fingerprint density at radius 2 is 1.77 bits per heavy atom. The fourth-order valence-corrected chi connectivity index (χ4v) is 6.29. The molecule has 1 aromatic carbocycles. The predicted molar refractivity (Wildman–Crippen MR) is 141 cm³/mol. The van der Waals surface area contributed by atoms with Crippen LogP contribution >= 0.6 is 11.6 Å². The Morgan fingerprint density at radius 1 is 1.05 bits per heavy atom. The van der Waals surface area contributed by atoms with E-state index in [9.17, 15) is 14.4 Å². The lowest BCUT2D eigenvalue weighted by Gasteiger charge is -2.49. The Hall–Kier alpha value is -3.77. The van der Waals surface area contributed by atoms with E-state index in [4.69, 9.17) is 30.5 Å². The maximum atomic E-state index is 12.1. The normalized spacial score (nSPS) is 24.6. The molecule has 0 unspecified atom stereocenters. The molecule has 40 heavy (non-hydrogen) atoms. The molecule has 2 saturated heterocycles. The molecular formula is C27H28ClN5O7. The number of halogens is 1. The summed E-state index contributed by atoms with van der Waals surface area (Å²) < 4.78 is 23.9. The minimum absolute atomic E-state index is 0.0204. The zero-order valence-corrected chi connectivity index (χ0v) is 23.0. The fraction of sp³-hybridized carbons (Fsp3) is 0.481.